The fraction of sp³-hybridized carbons (Fsp3) is 0.364. The highest BCUT2D eigenvalue weighted by molar-refractivity contribution is 5.87. The van der Waals surface area contributed by atoms with Gasteiger partial charge in [0.1, 0.15) is 18.3 Å². The number of rotatable bonds is 8. The van der Waals surface area contributed by atoms with Crippen LogP contribution in [0, 0.1) is 5.92 Å². The highest BCUT2D eigenvalue weighted by Crippen LogP contribution is 2.19. The van der Waals surface area contributed by atoms with Gasteiger partial charge in [-0.3, -0.25) is 9.59 Å². The van der Waals surface area contributed by atoms with Crippen LogP contribution < -0.4 is 10.9 Å². The van der Waals surface area contributed by atoms with E-state index in [9.17, 15) is 19.2 Å². The van der Waals surface area contributed by atoms with Crippen LogP contribution in [0.1, 0.15) is 45.6 Å². The maximum atomic E-state index is 12.1. The fourth-order valence-electron chi connectivity index (χ4n) is 4.02. The Morgan fingerprint density at radius 3 is 2.53 bits per heavy atom. The lowest BCUT2D eigenvalue weighted by Gasteiger charge is -2.22. The van der Waals surface area contributed by atoms with Crippen molar-refractivity contribution in [1.82, 2.24) is 20.2 Å². The lowest BCUT2D eigenvalue weighted by molar-refractivity contribution is -0.150. The Morgan fingerprint density at radius 2 is 1.86 bits per heavy atom. The number of hydrogen-bond acceptors (Lipinski definition) is 7. The Bertz CT molecular complexity index is 1450. The van der Waals surface area contributed by atoms with Crippen LogP contribution in [0.5, 0.6) is 0 Å². The number of H-pyrrole nitrogens is 1. The first-order chi connectivity index (χ1) is 20.6. The van der Waals surface area contributed by atoms with Gasteiger partial charge >= 0.3 is 12.1 Å². The van der Waals surface area contributed by atoms with Gasteiger partial charge in [-0.1, -0.05) is 69.8 Å². The number of carbonyl (C=O) groups is 3. The molecule has 3 aromatic rings. The number of aromatic nitrogens is 2. The number of nitrogens with one attached hydrogen (secondary N) is 2. The molecule has 2 N–H and O–H groups in total. The number of para-hydroxylation sites is 2. The third-order valence-corrected chi connectivity index (χ3v) is 5.98. The highest BCUT2D eigenvalue weighted by Gasteiger charge is 2.34. The lowest BCUT2D eigenvalue weighted by atomic mass is 10.1. The standard InChI is InChI=1S/C16H12N2O.C13H20N2O5.C4H10/c1-2-11-6-5-7-12(10-11)15-16(19)18-14-9-4-3-8-13(14)17-15;1-3-4-8-20-13(18)14-9-11(16)15-7-5-6-10(15)12(17)19-2;1-4(2)3/h2-10H,1H2,(H,18,19);3,10H,1,4-9H2,2H3,(H,14,18);4H,1-3H3. The summed E-state index contributed by atoms with van der Waals surface area (Å²) in [4.78, 5) is 55.5. The predicted octanol–water partition coefficient (Wildman–Crippen LogP) is 5.35. The molecule has 1 saturated heterocycles. The molecule has 1 aliphatic heterocycles. The molecule has 10 heteroatoms. The zero-order valence-electron chi connectivity index (χ0n) is 25.4. The Morgan fingerprint density at radius 1 is 1.14 bits per heavy atom. The molecule has 4 rings (SSSR count). The van der Waals surface area contributed by atoms with Gasteiger partial charge in [-0.2, -0.15) is 0 Å². The molecule has 230 valence electrons. The summed E-state index contributed by atoms with van der Waals surface area (Å²) in [5.41, 5.74) is 3.54. The van der Waals surface area contributed by atoms with Crippen molar-refractivity contribution in [2.45, 2.75) is 46.1 Å². The summed E-state index contributed by atoms with van der Waals surface area (Å²) >= 11 is 0. The Kier molecular flexibility index (Phi) is 14.4. The van der Waals surface area contributed by atoms with Gasteiger partial charge in [0, 0.05) is 12.1 Å². The number of aromatic amines is 1. The fourth-order valence-corrected chi connectivity index (χ4v) is 4.02. The largest absolute Gasteiger partial charge is 0.467 e. The highest BCUT2D eigenvalue weighted by atomic mass is 16.5. The second-order valence-corrected chi connectivity index (χ2v) is 10.3. The molecule has 0 saturated carbocycles. The van der Waals surface area contributed by atoms with Crippen LogP contribution >= 0.6 is 0 Å². The number of esters is 1. The maximum Gasteiger partial charge on any atom is 0.407 e. The minimum absolute atomic E-state index is 0.181. The van der Waals surface area contributed by atoms with E-state index in [1.165, 1.54) is 12.0 Å². The topological polar surface area (TPSA) is 131 Å². The maximum absolute atomic E-state index is 12.1. The van der Waals surface area contributed by atoms with E-state index in [1.54, 1.807) is 12.2 Å². The van der Waals surface area contributed by atoms with Gasteiger partial charge < -0.3 is 24.7 Å². The van der Waals surface area contributed by atoms with Crippen LogP contribution in [0.25, 0.3) is 28.4 Å². The number of hydrogen-bond donors (Lipinski definition) is 2. The average molecular weight is 591 g/mol. The van der Waals surface area contributed by atoms with Crippen LogP contribution in [0.4, 0.5) is 4.79 Å². The van der Waals surface area contributed by atoms with Crippen LogP contribution in [0.2, 0.25) is 0 Å². The third kappa shape index (κ3) is 11.2. The predicted molar refractivity (Wildman–Crippen MR) is 169 cm³/mol. The van der Waals surface area contributed by atoms with E-state index in [4.69, 9.17) is 4.74 Å². The van der Waals surface area contributed by atoms with E-state index in [0.717, 1.165) is 34.5 Å². The Balaban J connectivity index is 0.000000267. The zero-order chi connectivity index (χ0) is 31.8. The lowest BCUT2D eigenvalue weighted by Crippen LogP contribution is -2.46. The minimum atomic E-state index is -0.658. The molecular weight excluding hydrogens is 548 g/mol. The molecular formula is C33H42N4O6. The summed E-state index contributed by atoms with van der Waals surface area (Å²) in [6.07, 6.45) is 4.60. The number of benzene rings is 2. The van der Waals surface area contributed by atoms with Crippen LogP contribution in [0.15, 0.2) is 72.6 Å². The average Bonchev–Trinajstić information content (AvgIpc) is 3.50. The van der Waals surface area contributed by atoms with Gasteiger partial charge in [-0.05, 0) is 48.9 Å². The molecule has 1 unspecified atom stereocenters. The third-order valence-electron chi connectivity index (χ3n) is 5.98. The second-order valence-electron chi connectivity index (χ2n) is 10.3. The molecule has 2 amide bonds. The van der Waals surface area contributed by atoms with Gasteiger partial charge in [0.15, 0.2) is 0 Å². The van der Waals surface area contributed by atoms with E-state index in [0.29, 0.717) is 25.1 Å². The van der Waals surface area contributed by atoms with Gasteiger partial charge in [0.2, 0.25) is 5.91 Å². The molecule has 2 heterocycles. The molecule has 2 aromatic carbocycles. The quantitative estimate of drug-likeness (QED) is 0.205. The van der Waals surface area contributed by atoms with Crippen LogP contribution in [0.3, 0.4) is 0 Å². The van der Waals surface area contributed by atoms with Crippen molar-refractivity contribution in [3.05, 3.63) is 83.7 Å². The van der Waals surface area contributed by atoms with Crippen molar-refractivity contribution in [2.75, 3.05) is 26.8 Å². The van der Waals surface area contributed by atoms with Crippen molar-refractivity contribution in [3.63, 3.8) is 0 Å². The van der Waals surface area contributed by atoms with Gasteiger partial charge in [0.05, 0.1) is 24.8 Å². The molecule has 1 fully saturated rings. The molecule has 10 nitrogen and oxygen atoms in total. The molecule has 0 aliphatic carbocycles. The number of nitrogens with zero attached hydrogens (tertiary/aromatic N) is 2. The molecule has 0 spiro atoms. The van der Waals surface area contributed by atoms with E-state index >= 15 is 0 Å². The van der Waals surface area contributed by atoms with Crippen molar-refractivity contribution in [2.24, 2.45) is 5.92 Å². The Hall–Kier alpha value is -4.73. The summed E-state index contributed by atoms with van der Waals surface area (Å²) in [5, 5.41) is 2.36. The SMILES string of the molecule is C=CCCOC(=O)NCC(=O)N1CCCC1C(=O)OC.C=Cc1cccc(-c2nc3ccccc3[nH]c2=O)c1.CC(C)C. The number of likely N-dealkylation sites (tertiary alicyclic amines) is 1. The normalized spacial score (nSPS) is 13.6. The first-order valence-corrected chi connectivity index (χ1v) is 14.2. The summed E-state index contributed by atoms with van der Waals surface area (Å²) in [7, 11) is 1.29. The summed E-state index contributed by atoms with van der Waals surface area (Å²) in [6, 6.07) is 14.5. The first-order valence-electron chi connectivity index (χ1n) is 14.2. The van der Waals surface area contributed by atoms with Crippen LogP contribution in [-0.2, 0) is 19.1 Å². The molecule has 0 bridgehead atoms. The van der Waals surface area contributed by atoms with Crippen LogP contribution in [-0.4, -0.2) is 65.7 Å². The summed E-state index contributed by atoms with van der Waals surface area (Å²) < 4.78 is 9.46. The molecule has 43 heavy (non-hydrogen) atoms. The van der Waals surface area contributed by atoms with Crippen molar-refractivity contribution in [3.8, 4) is 11.3 Å². The molecule has 0 radical (unpaired) electrons. The number of ether oxygens (including phenoxy) is 2. The van der Waals surface area contributed by atoms with E-state index in [2.05, 4.69) is 54.0 Å². The number of fused-ring (bicyclic) bond motifs is 1. The smallest absolute Gasteiger partial charge is 0.407 e. The number of methoxy groups -OCH3 is 1. The molecule has 1 aromatic heterocycles. The number of alkyl carbamates (subject to hydrolysis) is 1. The van der Waals surface area contributed by atoms with Gasteiger partial charge in [0.25, 0.3) is 5.56 Å². The Labute approximate surface area is 252 Å². The number of amides is 2. The van der Waals surface area contributed by atoms with Crippen molar-refractivity contribution >= 4 is 35.1 Å². The summed E-state index contributed by atoms with van der Waals surface area (Å²) in [5.74, 6) is 0.0861. The zero-order valence-corrected chi connectivity index (χ0v) is 25.4. The summed E-state index contributed by atoms with van der Waals surface area (Å²) in [6.45, 7) is 14.3. The van der Waals surface area contributed by atoms with E-state index in [-0.39, 0.29) is 24.6 Å². The van der Waals surface area contributed by atoms with E-state index in [1.807, 2.05) is 48.5 Å². The van der Waals surface area contributed by atoms with E-state index < -0.39 is 18.1 Å². The first kappa shape index (κ1) is 34.5. The minimum Gasteiger partial charge on any atom is -0.467 e. The van der Waals surface area contributed by atoms with Gasteiger partial charge in [-0.15, -0.1) is 6.58 Å². The second kappa shape index (κ2) is 17.9. The number of carbonyl (C=O) groups excluding carboxylic acids is 3. The molecule has 1 atom stereocenters. The molecule has 1 aliphatic rings. The monoisotopic (exact) mass is 590 g/mol. The van der Waals surface area contributed by atoms with Crippen molar-refractivity contribution < 1.29 is 23.9 Å². The van der Waals surface area contributed by atoms with Gasteiger partial charge in [-0.25, -0.2) is 14.6 Å². The van der Waals surface area contributed by atoms with Crippen molar-refractivity contribution in [1.29, 1.82) is 0 Å².